The van der Waals surface area contributed by atoms with E-state index in [1.165, 1.54) is 0 Å². The molecule has 3 rings (SSSR count). The van der Waals surface area contributed by atoms with Crippen LogP contribution in [0.15, 0.2) is 60.7 Å². The Balaban J connectivity index is 1.82. The first kappa shape index (κ1) is 17.7. The fraction of sp³-hybridized carbons (Fsp3) is 0.250. The van der Waals surface area contributed by atoms with Gasteiger partial charge in [-0.15, -0.1) is 0 Å². The lowest BCUT2D eigenvalue weighted by atomic mass is 9.98. The van der Waals surface area contributed by atoms with Crippen molar-refractivity contribution in [3.8, 4) is 0 Å². The first-order valence-corrected chi connectivity index (χ1v) is 8.51. The number of imide groups is 1. The number of rotatable bonds is 5. The second-order valence-corrected chi connectivity index (χ2v) is 5.94. The van der Waals surface area contributed by atoms with Gasteiger partial charge >= 0.3 is 12.0 Å². The van der Waals surface area contributed by atoms with E-state index in [9.17, 15) is 14.4 Å². The van der Waals surface area contributed by atoms with Gasteiger partial charge in [-0.3, -0.25) is 4.79 Å². The summed E-state index contributed by atoms with van der Waals surface area (Å²) in [4.78, 5) is 37.5. The van der Waals surface area contributed by atoms with Gasteiger partial charge in [-0.2, -0.15) is 0 Å². The summed E-state index contributed by atoms with van der Waals surface area (Å²) in [7, 11) is 0. The van der Waals surface area contributed by atoms with Crippen LogP contribution < -0.4 is 5.32 Å². The average Bonchev–Trinajstić information content (AvgIpc) is 2.65. The predicted molar refractivity (Wildman–Crippen MR) is 95.1 cm³/mol. The van der Waals surface area contributed by atoms with E-state index in [0.717, 1.165) is 16.0 Å². The van der Waals surface area contributed by atoms with Gasteiger partial charge in [0.05, 0.1) is 19.1 Å². The van der Waals surface area contributed by atoms with Gasteiger partial charge in [-0.05, 0) is 18.1 Å². The molecular weight excluding hydrogens is 332 g/mol. The molecule has 1 aliphatic heterocycles. The molecule has 1 unspecified atom stereocenters. The smallest absolute Gasteiger partial charge is 0.329 e. The monoisotopic (exact) mass is 352 g/mol. The molecule has 0 saturated carbocycles. The molecule has 6 nitrogen and oxygen atoms in total. The van der Waals surface area contributed by atoms with Crippen LogP contribution >= 0.6 is 0 Å². The number of carbonyl (C=O) groups is 3. The fourth-order valence-electron chi connectivity index (χ4n) is 2.94. The standard InChI is InChI=1S/C20H20N2O4/c1-2-26-19(24)16-13-17(23)22(16)20(25)21-18(14-9-5-3-6-10-14)15-11-7-4-8-12-15/h3-12,16,18H,2,13H2,1H3,(H,21,25). The normalized spacial score (nSPS) is 16.2. The van der Waals surface area contributed by atoms with Crippen LogP contribution in [0.4, 0.5) is 4.79 Å². The number of carbonyl (C=O) groups excluding carboxylic acids is 3. The Kier molecular flexibility index (Phi) is 5.31. The van der Waals surface area contributed by atoms with Gasteiger partial charge in [0, 0.05) is 0 Å². The van der Waals surface area contributed by atoms with Crippen molar-refractivity contribution in [2.45, 2.75) is 25.4 Å². The lowest BCUT2D eigenvalue weighted by molar-refractivity contribution is -0.161. The van der Waals surface area contributed by atoms with Gasteiger partial charge in [0.25, 0.3) is 0 Å². The Morgan fingerprint density at radius 3 is 2.08 bits per heavy atom. The van der Waals surface area contributed by atoms with E-state index in [1.807, 2.05) is 60.7 Å². The van der Waals surface area contributed by atoms with Gasteiger partial charge in [0.2, 0.25) is 5.91 Å². The highest BCUT2D eigenvalue weighted by Gasteiger charge is 2.46. The molecule has 2 aromatic rings. The molecule has 0 spiro atoms. The second-order valence-electron chi connectivity index (χ2n) is 5.94. The molecule has 0 radical (unpaired) electrons. The zero-order chi connectivity index (χ0) is 18.5. The second kappa shape index (κ2) is 7.82. The summed E-state index contributed by atoms with van der Waals surface area (Å²) in [6.07, 6.45) is -0.00636. The van der Waals surface area contributed by atoms with Crippen molar-refractivity contribution in [1.82, 2.24) is 10.2 Å². The SMILES string of the molecule is CCOC(=O)C1CC(=O)N1C(=O)NC(c1ccccc1)c1ccccc1. The van der Waals surface area contributed by atoms with Crippen molar-refractivity contribution in [2.75, 3.05) is 6.61 Å². The van der Waals surface area contributed by atoms with Crippen LogP contribution in [-0.4, -0.2) is 35.5 Å². The van der Waals surface area contributed by atoms with E-state index in [-0.39, 0.29) is 18.9 Å². The topological polar surface area (TPSA) is 75.7 Å². The van der Waals surface area contributed by atoms with Crippen molar-refractivity contribution in [2.24, 2.45) is 0 Å². The van der Waals surface area contributed by atoms with Crippen molar-refractivity contribution in [3.63, 3.8) is 0 Å². The van der Waals surface area contributed by atoms with Crippen LogP contribution in [0.25, 0.3) is 0 Å². The van der Waals surface area contributed by atoms with E-state index in [4.69, 9.17) is 4.74 Å². The number of amides is 3. The Bertz CT molecular complexity index is 752. The van der Waals surface area contributed by atoms with Crippen LogP contribution in [0.1, 0.15) is 30.5 Å². The van der Waals surface area contributed by atoms with E-state index in [2.05, 4.69) is 5.32 Å². The number of nitrogens with one attached hydrogen (secondary N) is 1. The minimum Gasteiger partial charge on any atom is -0.464 e. The summed E-state index contributed by atoms with van der Waals surface area (Å²) in [6, 6.07) is 17.0. The average molecular weight is 352 g/mol. The minimum absolute atomic E-state index is 0.00636. The maximum Gasteiger partial charge on any atom is 0.329 e. The minimum atomic E-state index is -0.852. The maximum atomic E-state index is 12.7. The highest BCUT2D eigenvalue weighted by molar-refractivity contribution is 6.06. The maximum absolute atomic E-state index is 12.7. The molecule has 1 atom stereocenters. The molecule has 0 aromatic heterocycles. The highest BCUT2D eigenvalue weighted by atomic mass is 16.5. The summed E-state index contributed by atoms with van der Waals surface area (Å²) in [5.74, 6) is -0.946. The molecule has 1 fully saturated rings. The summed E-state index contributed by atoms with van der Waals surface area (Å²) in [5.41, 5.74) is 1.76. The molecular formula is C20H20N2O4. The number of benzene rings is 2. The lowest BCUT2D eigenvalue weighted by Gasteiger charge is -2.37. The fourth-order valence-corrected chi connectivity index (χ4v) is 2.94. The number of β-lactam (4-membered cyclic amide) rings is 1. The van der Waals surface area contributed by atoms with E-state index >= 15 is 0 Å². The number of hydrogen-bond donors (Lipinski definition) is 1. The summed E-state index contributed by atoms with van der Waals surface area (Å²) >= 11 is 0. The Morgan fingerprint density at radius 1 is 1.08 bits per heavy atom. The number of hydrogen-bond acceptors (Lipinski definition) is 4. The largest absolute Gasteiger partial charge is 0.464 e. The Labute approximate surface area is 151 Å². The quantitative estimate of drug-likeness (QED) is 0.663. The van der Waals surface area contributed by atoms with Gasteiger partial charge < -0.3 is 10.1 Å². The number of urea groups is 1. The molecule has 134 valence electrons. The van der Waals surface area contributed by atoms with Gasteiger partial charge in [-0.25, -0.2) is 14.5 Å². The molecule has 0 bridgehead atoms. The molecule has 1 saturated heterocycles. The third kappa shape index (κ3) is 3.59. The molecule has 0 aliphatic carbocycles. The van der Waals surface area contributed by atoms with E-state index in [1.54, 1.807) is 6.92 Å². The van der Waals surface area contributed by atoms with Crippen LogP contribution in [0.5, 0.6) is 0 Å². The third-order valence-corrected chi connectivity index (χ3v) is 4.26. The third-order valence-electron chi connectivity index (χ3n) is 4.26. The first-order chi connectivity index (χ1) is 12.6. The molecule has 6 heteroatoms. The van der Waals surface area contributed by atoms with Crippen molar-refractivity contribution < 1.29 is 19.1 Å². The predicted octanol–water partition coefficient (Wildman–Crippen LogP) is 2.65. The molecule has 2 aromatic carbocycles. The van der Waals surface area contributed by atoms with Crippen molar-refractivity contribution in [3.05, 3.63) is 71.8 Å². The zero-order valence-corrected chi connectivity index (χ0v) is 14.4. The van der Waals surface area contributed by atoms with Crippen LogP contribution in [0.2, 0.25) is 0 Å². The number of nitrogens with zero attached hydrogens (tertiary/aromatic N) is 1. The molecule has 1 N–H and O–H groups in total. The molecule has 3 amide bonds. The zero-order valence-electron chi connectivity index (χ0n) is 14.4. The highest BCUT2D eigenvalue weighted by Crippen LogP contribution is 2.25. The van der Waals surface area contributed by atoms with Gasteiger partial charge in [-0.1, -0.05) is 60.7 Å². The van der Waals surface area contributed by atoms with Crippen LogP contribution in [0, 0.1) is 0 Å². The van der Waals surface area contributed by atoms with Crippen molar-refractivity contribution >= 4 is 17.9 Å². The van der Waals surface area contributed by atoms with Crippen LogP contribution in [0.3, 0.4) is 0 Å². The number of ether oxygens (including phenoxy) is 1. The Hall–Kier alpha value is -3.15. The van der Waals surface area contributed by atoms with Crippen LogP contribution in [-0.2, 0) is 14.3 Å². The summed E-state index contributed by atoms with van der Waals surface area (Å²) in [6.45, 7) is 1.89. The molecule has 26 heavy (non-hydrogen) atoms. The lowest BCUT2D eigenvalue weighted by Crippen LogP contribution is -2.62. The van der Waals surface area contributed by atoms with E-state index < -0.39 is 24.1 Å². The molecule has 1 aliphatic rings. The van der Waals surface area contributed by atoms with E-state index in [0.29, 0.717) is 0 Å². The summed E-state index contributed by atoms with van der Waals surface area (Å²) in [5, 5.41) is 2.87. The van der Waals surface area contributed by atoms with Gasteiger partial charge in [0.15, 0.2) is 0 Å². The first-order valence-electron chi connectivity index (χ1n) is 8.51. The van der Waals surface area contributed by atoms with Crippen molar-refractivity contribution in [1.29, 1.82) is 0 Å². The summed E-state index contributed by atoms with van der Waals surface area (Å²) < 4.78 is 4.94. The Morgan fingerprint density at radius 2 is 1.62 bits per heavy atom. The van der Waals surface area contributed by atoms with Gasteiger partial charge in [0.1, 0.15) is 6.04 Å². The number of likely N-dealkylation sites (tertiary alicyclic amines) is 1. The number of esters is 1. The molecule has 1 heterocycles.